The van der Waals surface area contributed by atoms with E-state index in [-0.39, 0.29) is 17.7 Å². The molecule has 1 aliphatic heterocycles. The van der Waals surface area contributed by atoms with Crippen LogP contribution in [0.15, 0.2) is 48.5 Å². The van der Waals surface area contributed by atoms with Gasteiger partial charge in [0.15, 0.2) is 0 Å². The molecule has 1 aliphatic rings. The minimum atomic E-state index is -0.0369. The quantitative estimate of drug-likeness (QED) is 0.827. The monoisotopic (exact) mass is 384 g/mol. The smallest absolute Gasteiger partial charge is 0.227 e. The van der Waals surface area contributed by atoms with Gasteiger partial charge in [0.05, 0.1) is 0 Å². The summed E-state index contributed by atoms with van der Waals surface area (Å²) in [5.74, 6) is 0.154. The molecule has 1 saturated heterocycles. The molecule has 0 saturated carbocycles. The maximum Gasteiger partial charge on any atom is 0.227 e. The summed E-state index contributed by atoms with van der Waals surface area (Å²) in [6.07, 6.45) is 2.58. The Morgan fingerprint density at radius 1 is 1.11 bits per heavy atom. The number of carbonyl (C=O) groups is 2. The maximum atomic E-state index is 12.5. The van der Waals surface area contributed by atoms with E-state index in [2.05, 4.69) is 5.32 Å². The van der Waals surface area contributed by atoms with Crippen molar-refractivity contribution in [3.63, 3.8) is 0 Å². The van der Waals surface area contributed by atoms with Crippen molar-refractivity contribution in [3.05, 3.63) is 64.7 Å². The van der Waals surface area contributed by atoms with Gasteiger partial charge in [-0.15, -0.1) is 0 Å². The molecule has 142 valence electrons. The number of amides is 2. The van der Waals surface area contributed by atoms with E-state index in [4.69, 9.17) is 11.6 Å². The van der Waals surface area contributed by atoms with Gasteiger partial charge in [0, 0.05) is 36.1 Å². The highest BCUT2D eigenvalue weighted by Gasteiger charge is 2.27. The number of anilines is 1. The number of para-hydroxylation sites is 1. The molecule has 0 aliphatic carbocycles. The summed E-state index contributed by atoms with van der Waals surface area (Å²) >= 11 is 6.15. The van der Waals surface area contributed by atoms with E-state index in [1.165, 1.54) is 0 Å². The number of nitrogens with zero attached hydrogens (tertiary/aromatic N) is 1. The predicted octanol–water partition coefficient (Wildman–Crippen LogP) is 4.46. The molecular weight excluding hydrogens is 360 g/mol. The lowest BCUT2D eigenvalue weighted by Gasteiger charge is -2.31. The summed E-state index contributed by atoms with van der Waals surface area (Å²) in [5.41, 5.74) is 2.94. The second-order valence-electron chi connectivity index (χ2n) is 7.09. The van der Waals surface area contributed by atoms with E-state index in [1.54, 1.807) is 0 Å². The van der Waals surface area contributed by atoms with Crippen molar-refractivity contribution >= 4 is 29.1 Å². The first kappa shape index (κ1) is 19.4. The van der Waals surface area contributed by atoms with Crippen LogP contribution < -0.4 is 5.32 Å². The van der Waals surface area contributed by atoms with E-state index in [0.29, 0.717) is 38.8 Å². The van der Waals surface area contributed by atoms with Crippen molar-refractivity contribution in [1.29, 1.82) is 0 Å². The van der Waals surface area contributed by atoms with Gasteiger partial charge < -0.3 is 10.2 Å². The van der Waals surface area contributed by atoms with Crippen molar-refractivity contribution < 1.29 is 9.59 Å². The largest absolute Gasteiger partial charge is 0.343 e. The number of nitrogens with one attached hydrogen (secondary N) is 1. The topological polar surface area (TPSA) is 49.4 Å². The molecule has 27 heavy (non-hydrogen) atoms. The molecule has 1 fully saturated rings. The van der Waals surface area contributed by atoms with Crippen LogP contribution in [0.25, 0.3) is 0 Å². The average Bonchev–Trinajstić information content (AvgIpc) is 2.69. The number of rotatable bonds is 5. The highest BCUT2D eigenvalue weighted by atomic mass is 35.5. The van der Waals surface area contributed by atoms with Crippen molar-refractivity contribution in [2.24, 2.45) is 5.92 Å². The Balaban J connectivity index is 1.44. The summed E-state index contributed by atoms with van der Waals surface area (Å²) in [6.45, 7) is 3.25. The second-order valence-corrected chi connectivity index (χ2v) is 7.50. The lowest BCUT2D eigenvalue weighted by molar-refractivity contribution is -0.134. The van der Waals surface area contributed by atoms with Crippen LogP contribution in [0.1, 0.15) is 30.4 Å². The Morgan fingerprint density at radius 2 is 1.81 bits per heavy atom. The number of carbonyl (C=O) groups excluding carboxylic acids is 2. The summed E-state index contributed by atoms with van der Waals surface area (Å²) in [4.78, 5) is 26.7. The highest BCUT2D eigenvalue weighted by Crippen LogP contribution is 2.21. The van der Waals surface area contributed by atoms with Crippen LogP contribution in [0, 0.1) is 12.8 Å². The van der Waals surface area contributed by atoms with Crippen molar-refractivity contribution in [2.45, 2.75) is 32.6 Å². The first-order valence-corrected chi connectivity index (χ1v) is 9.79. The Hall–Kier alpha value is -2.33. The van der Waals surface area contributed by atoms with Crippen LogP contribution in [0.3, 0.4) is 0 Å². The molecule has 0 spiro atoms. The van der Waals surface area contributed by atoms with E-state index in [9.17, 15) is 9.59 Å². The summed E-state index contributed by atoms with van der Waals surface area (Å²) in [7, 11) is 0. The first-order chi connectivity index (χ1) is 13.0. The standard InChI is InChI=1S/C22H25ClN2O2/c1-16-7-8-17(15-20(16)23)9-10-21(26)25-13-11-18(12-14-25)22(27)24-19-5-3-2-4-6-19/h2-8,15,18H,9-14H2,1H3,(H,24,27). The van der Waals surface area contributed by atoms with E-state index in [1.807, 2.05) is 60.4 Å². The van der Waals surface area contributed by atoms with Gasteiger partial charge in [0.25, 0.3) is 0 Å². The zero-order valence-corrected chi connectivity index (χ0v) is 16.3. The van der Waals surface area contributed by atoms with Crippen molar-refractivity contribution in [3.8, 4) is 0 Å². The summed E-state index contributed by atoms with van der Waals surface area (Å²) in [6, 6.07) is 15.4. The van der Waals surface area contributed by atoms with E-state index < -0.39 is 0 Å². The molecule has 0 unspecified atom stereocenters. The van der Waals surface area contributed by atoms with E-state index >= 15 is 0 Å². The molecule has 4 nitrogen and oxygen atoms in total. The summed E-state index contributed by atoms with van der Waals surface area (Å²) in [5, 5.41) is 3.70. The zero-order valence-electron chi connectivity index (χ0n) is 15.6. The van der Waals surface area contributed by atoms with Gasteiger partial charge in [-0.05, 0) is 55.5 Å². The lowest BCUT2D eigenvalue weighted by atomic mass is 9.95. The number of piperidine rings is 1. The molecule has 0 aromatic heterocycles. The normalized spacial score (nSPS) is 14.8. The van der Waals surface area contributed by atoms with Crippen molar-refractivity contribution in [2.75, 3.05) is 18.4 Å². The molecular formula is C22H25ClN2O2. The van der Waals surface area contributed by atoms with Crippen LogP contribution in [0.2, 0.25) is 5.02 Å². The average molecular weight is 385 g/mol. The zero-order chi connectivity index (χ0) is 19.2. The van der Waals surface area contributed by atoms with Gasteiger partial charge in [-0.2, -0.15) is 0 Å². The Kier molecular flexibility index (Phi) is 6.51. The maximum absolute atomic E-state index is 12.5. The SMILES string of the molecule is Cc1ccc(CCC(=O)N2CCC(C(=O)Nc3ccccc3)CC2)cc1Cl. The Labute approximate surface area is 165 Å². The first-order valence-electron chi connectivity index (χ1n) is 9.41. The summed E-state index contributed by atoms with van der Waals surface area (Å²) < 4.78 is 0. The van der Waals surface area contributed by atoms with Crippen LogP contribution in [0.4, 0.5) is 5.69 Å². The third-order valence-electron chi connectivity index (χ3n) is 5.12. The third kappa shape index (κ3) is 5.33. The lowest BCUT2D eigenvalue weighted by Crippen LogP contribution is -2.41. The number of hydrogen-bond acceptors (Lipinski definition) is 2. The van der Waals surface area contributed by atoms with Gasteiger partial charge in [-0.25, -0.2) is 0 Å². The number of hydrogen-bond donors (Lipinski definition) is 1. The second kappa shape index (κ2) is 9.05. The third-order valence-corrected chi connectivity index (χ3v) is 5.53. The molecule has 5 heteroatoms. The molecule has 3 rings (SSSR count). The molecule has 0 radical (unpaired) electrons. The fraction of sp³-hybridized carbons (Fsp3) is 0.364. The molecule has 2 aromatic rings. The van der Waals surface area contributed by atoms with Crippen LogP contribution in [-0.4, -0.2) is 29.8 Å². The molecule has 0 atom stereocenters. The molecule has 2 aromatic carbocycles. The predicted molar refractivity (Wildman–Crippen MR) is 109 cm³/mol. The van der Waals surface area contributed by atoms with Crippen LogP contribution in [0.5, 0.6) is 0 Å². The number of halogens is 1. The minimum absolute atomic E-state index is 0.0369. The van der Waals surface area contributed by atoms with Gasteiger partial charge >= 0.3 is 0 Å². The van der Waals surface area contributed by atoms with Crippen LogP contribution in [-0.2, 0) is 16.0 Å². The fourth-order valence-corrected chi connectivity index (χ4v) is 3.56. The van der Waals surface area contributed by atoms with Crippen LogP contribution >= 0.6 is 11.6 Å². The van der Waals surface area contributed by atoms with Gasteiger partial charge in [-0.1, -0.05) is 41.9 Å². The van der Waals surface area contributed by atoms with Gasteiger partial charge in [0.1, 0.15) is 0 Å². The van der Waals surface area contributed by atoms with E-state index in [0.717, 1.165) is 21.8 Å². The van der Waals surface area contributed by atoms with Gasteiger partial charge in [-0.3, -0.25) is 9.59 Å². The fourth-order valence-electron chi connectivity index (χ4n) is 3.36. The number of aryl methyl sites for hydroxylation is 2. The Bertz CT molecular complexity index is 799. The minimum Gasteiger partial charge on any atom is -0.343 e. The number of likely N-dealkylation sites (tertiary alicyclic amines) is 1. The molecule has 0 bridgehead atoms. The molecule has 1 N–H and O–H groups in total. The Morgan fingerprint density at radius 3 is 2.48 bits per heavy atom. The molecule has 1 heterocycles. The van der Waals surface area contributed by atoms with Crippen molar-refractivity contribution in [1.82, 2.24) is 4.90 Å². The highest BCUT2D eigenvalue weighted by molar-refractivity contribution is 6.31. The molecule has 2 amide bonds. The number of benzene rings is 2. The van der Waals surface area contributed by atoms with Gasteiger partial charge in [0.2, 0.25) is 11.8 Å².